The Labute approximate surface area is 133 Å². The van der Waals surface area contributed by atoms with Crippen LogP contribution in [0.3, 0.4) is 0 Å². The average Bonchev–Trinajstić information content (AvgIpc) is 2.54. The lowest BCUT2D eigenvalue weighted by atomic mass is 10.1. The number of aliphatic hydroxyl groups is 1. The van der Waals surface area contributed by atoms with Gasteiger partial charge >= 0.3 is 0 Å². The fourth-order valence-electron chi connectivity index (χ4n) is 2.01. The topological polar surface area (TPSA) is 49.3 Å². The molecule has 0 fully saturated rings. The Kier molecular flexibility index (Phi) is 5.98. The Morgan fingerprint density at radius 2 is 1.82 bits per heavy atom. The number of hydrogen-bond acceptors (Lipinski definition) is 3. The number of nitrogens with one attached hydrogen (secondary N) is 1. The highest BCUT2D eigenvalue weighted by Crippen LogP contribution is 2.13. The number of carbonyl (C=O) groups is 1. The van der Waals surface area contributed by atoms with Crippen molar-refractivity contribution in [1.29, 1.82) is 0 Å². The first-order valence-electron chi connectivity index (χ1n) is 6.89. The number of rotatable bonds is 6. The first-order valence-corrected chi connectivity index (χ1v) is 8.29. The SMILES string of the molecule is CSCc1ccc(C(=O)NCC(O)c2ccc(F)cc2)cc1. The first-order chi connectivity index (χ1) is 10.6. The van der Waals surface area contributed by atoms with Crippen molar-refractivity contribution in [1.82, 2.24) is 5.32 Å². The quantitative estimate of drug-likeness (QED) is 0.860. The van der Waals surface area contributed by atoms with E-state index >= 15 is 0 Å². The minimum atomic E-state index is -0.861. The minimum Gasteiger partial charge on any atom is -0.387 e. The monoisotopic (exact) mass is 319 g/mol. The van der Waals surface area contributed by atoms with Crippen molar-refractivity contribution in [3.63, 3.8) is 0 Å². The van der Waals surface area contributed by atoms with Crippen LogP contribution >= 0.6 is 11.8 Å². The Hall–Kier alpha value is -1.85. The molecule has 5 heteroatoms. The molecule has 0 saturated heterocycles. The van der Waals surface area contributed by atoms with Gasteiger partial charge in [-0.05, 0) is 41.6 Å². The van der Waals surface area contributed by atoms with Crippen molar-refractivity contribution >= 4 is 17.7 Å². The zero-order valence-corrected chi connectivity index (χ0v) is 13.1. The number of halogens is 1. The lowest BCUT2D eigenvalue weighted by molar-refractivity contribution is 0.0916. The van der Waals surface area contributed by atoms with Gasteiger partial charge in [0, 0.05) is 17.9 Å². The van der Waals surface area contributed by atoms with E-state index in [0.717, 1.165) is 11.3 Å². The molecule has 3 nitrogen and oxygen atoms in total. The van der Waals surface area contributed by atoms with Gasteiger partial charge in [-0.25, -0.2) is 4.39 Å². The Balaban J connectivity index is 1.90. The Bertz CT molecular complexity index is 614. The van der Waals surface area contributed by atoms with Crippen molar-refractivity contribution in [2.75, 3.05) is 12.8 Å². The molecule has 2 aromatic rings. The molecule has 0 aliphatic carbocycles. The molecule has 2 rings (SSSR count). The second-order valence-electron chi connectivity index (χ2n) is 4.91. The molecule has 2 N–H and O–H groups in total. The van der Waals surface area contributed by atoms with Gasteiger partial charge in [-0.2, -0.15) is 11.8 Å². The van der Waals surface area contributed by atoms with Gasteiger partial charge in [0.25, 0.3) is 5.91 Å². The standard InChI is InChI=1S/C17H18FNO2S/c1-22-11-12-2-4-14(5-3-12)17(21)19-10-16(20)13-6-8-15(18)9-7-13/h2-9,16,20H,10-11H2,1H3,(H,19,21). The molecule has 0 saturated carbocycles. The molecular weight excluding hydrogens is 301 g/mol. The van der Waals surface area contributed by atoms with Crippen molar-refractivity contribution in [3.05, 3.63) is 71.0 Å². The van der Waals surface area contributed by atoms with Crippen LogP contribution in [0.1, 0.15) is 27.6 Å². The second kappa shape index (κ2) is 7.96. The maximum absolute atomic E-state index is 12.8. The lowest BCUT2D eigenvalue weighted by Crippen LogP contribution is -2.28. The zero-order valence-electron chi connectivity index (χ0n) is 12.3. The molecule has 0 spiro atoms. The van der Waals surface area contributed by atoms with Crippen LogP contribution in [0, 0.1) is 5.82 Å². The Morgan fingerprint density at radius 3 is 2.41 bits per heavy atom. The number of aliphatic hydroxyl groups excluding tert-OH is 1. The van der Waals surface area contributed by atoms with Crippen molar-refractivity contribution in [2.45, 2.75) is 11.9 Å². The summed E-state index contributed by atoms with van der Waals surface area (Å²) in [5.74, 6) is 0.313. The van der Waals surface area contributed by atoms with Gasteiger partial charge in [0.2, 0.25) is 0 Å². The maximum Gasteiger partial charge on any atom is 0.251 e. The summed E-state index contributed by atoms with van der Waals surface area (Å²) in [5.41, 5.74) is 2.28. The predicted octanol–water partition coefficient (Wildman–Crippen LogP) is 3.15. The smallest absolute Gasteiger partial charge is 0.251 e. The number of hydrogen-bond donors (Lipinski definition) is 2. The molecule has 0 radical (unpaired) electrons. The van der Waals surface area contributed by atoms with Crippen LogP contribution in [0.4, 0.5) is 4.39 Å². The van der Waals surface area contributed by atoms with Crippen LogP contribution in [-0.2, 0) is 5.75 Å². The molecular formula is C17H18FNO2S. The fraction of sp³-hybridized carbons (Fsp3) is 0.235. The summed E-state index contributed by atoms with van der Waals surface area (Å²) in [6.45, 7) is 0.0804. The van der Waals surface area contributed by atoms with E-state index in [1.165, 1.54) is 24.3 Å². The van der Waals surface area contributed by atoms with Gasteiger partial charge in [-0.15, -0.1) is 0 Å². The summed E-state index contributed by atoms with van der Waals surface area (Å²) in [5, 5.41) is 12.7. The third-order valence-corrected chi connectivity index (χ3v) is 3.86. The third-order valence-electron chi connectivity index (χ3n) is 3.24. The fourth-order valence-corrected chi connectivity index (χ4v) is 2.54. The Morgan fingerprint density at radius 1 is 1.18 bits per heavy atom. The third kappa shape index (κ3) is 4.58. The van der Waals surface area contributed by atoms with E-state index in [0.29, 0.717) is 11.1 Å². The summed E-state index contributed by atoms with van der Waals surface area (Å²) in [4.78, 5) is 12.0. The predicted molar refractivity (Wildman–Crippen MR) is 87.4 cm³/mol. The van der Waals surface area contributed by atoms with Crippen molar-refractivity contribution in [2.24, 2.45) is 0 Å². The van der Waals surface area contributed by atoms with E-state index in [4.69, 9.17) is 0 Å². The van der Waals surface area contributed by atoms with Crippen molar-refractivity contribution < 1.29 is 14.3 Å². The molecule has 0 aliphatic heterocycles. The molecule has 0 heterocycles. The summed E-state index contributed by atoms with van der Waals surface area (Å²) >= 11 is 1.72. The molecule has 0 bridgehead atoms. The van der Waals surface area contributed by atoms with E-state index in [9.17, 15) is 14.3 Å². The molecule has 0 aromatic heterocycles. The van der Waals surface area contributed by atoms with E-state index < -0.39 is 6.10 Å². The molecule has 22 heavy (non-hydrogen) atoms. The normalized spacial score (nSPS) is 12.0. The highest BCUT2D eigenvalue weighted by molar-refractivity contribution is 7.97. The summed E-state index contributed by atoms with van der Waals surface area (Å²) in [6.07, 6.45) is 1.16. The summed E-state index contributed by atoms with van der Waals surface area (Å²) < 4.78 is 12.8. The molecule has 0 aliphatic rings. The number of benzene rings is 2. The van der Waals surface area contributed by atoms with Gasteiger partial charge in [-0.3, -0.25) is 4.79 Å². The molecule has 1 unspecified atom stereocenters. The number of carbonyl (C=O) groups excluding carboxylic acids is 1. The first kappa shape index (κ1) is 16.5. The number of thioether (sulfide) groups is 1. The molecule has 1 atom stereocenters. The van der Waals surface area contributed by atoms with E-state index in [1.54, 1.807) is 23.9 Å². The molecule has 1 amide bonds. The highest BCUT2D eigenvalue weighted by atomic mass is 32.2. The van der Waals surface area contributed by atoms with Crippen LogP contribution in [0.15, 0.2) is 48.5 Å². The lowest BCUT2D eigenvalue weighted by Gasteiger charge is -2.12. The zero-order chi connectivity index (χ0) is 15.9. The van der Waals surface area contributed by atoms with Crippen LogP contribution in [0.5, 0.6) is 0 Å². The molecule has 116 valence electrons. The summed E-state index contributed by atoms with van der Waals surface area (Å²) in [6, 6.07) is 12.9. The van der Waals surface area contributed by atoms with Gasteiger partial charge in [0.1, 0.15) is 5.82 Å². The van der Waals surface area contributed by atoms with Crippen LogP contribution in [0.2, 0.25) is 0 Å². The van der Waals surface area contributed by atoms with Crippen LogP contribution in [0.25, 0.3) is 0 Å². The van der Waals surface area contributed by atoms with Crippen LogP contribution < -0.4 is 5.32 Å². The van der Waals surface area contributed by atoms with E-state index in [1.807, 2.05) is 18.4 Å². The number of amides is 1. The van der Waals surface area contributed by atoms with E-state index in [-0.39, 0.29) is 18.3 Å². The van der Waals surface area contributed by atoms with Gasteiger partial charge in [0.05, 0.1) is 6.10 Å². The van der Waals surface area contributed by atoms with Crippen LogP contribution in [-0.4, -0.2) is 23.8 Å². The van der Waals surface area contributed by atoms with Gasteiger partial charge in [-0.1, -0.05) is 24.3 Å². The largest absolute Gasteiger partial charge is 0.387 e. The van der Waals surface area contributed by atoms with Gasteiger partial charge < -0.3 is 10.4 Å². The van der Waals surface area contributed by atoms with Gasteiger partial charge in [0.15, 0.2) is 0 Å². The maximum atomic E-state index is 12.8. The van der Waals surface area contributed by atoms with Crippen molar-refractivity contribution in [3.8, 4) is 0 Å². The molecule has 2 aromatic carbocycles. The van der Waals surface area contributed by atoms with E-state index in [2.05, 4.69) is 5.32 Å². The highest BCUT2D eigenvalue weighted by Gasteiger charge is 2.11. The second-order valence-corrected chi connectivity index (χ2v) is 5.77. The summed E-state index contributed by atoms with van der Waals surface area (Å²) in [7, 11) is 0. The average molecular weight is 319 g/mol. The minimum absolute atomic E-state index is 0.0804.